The van der Waals surface area contributed by atoms with E-state index in [0.717, 1.165) is 19.3 Å². The fourth-order valence-electron chi connectivity index (χ4n) is 2.68. The molecule has 2 rings (SSSR count). The normalized spacial score (nSPS) is 23.2. The van der Waals surface area contributed by atoms with E-state index in [1.807, 2.05) is 7.05 Å². The van der Waals surface area contributed by atoms with E-state index in [2.05, 4.69) is 5.32 Å². The van der Waals surface area contributed by atoms with Crippen molar-refractivity contribution in [1.29, 1.82) is 0 Å². The van der Waals surface area contributed by atoms with E-state index < -0.39 is 28.3 Å². The summed E-state index contributed by atoms with van der Waals surface area (Å²) in [7, 11) is 1.83. The predicted molar refractivity (Wildman–Crippen MR) is 76.8 cm³/mol. The first-order valence-corrected chi connectivity index (χ1v) is 7.59. The molecule has 2 nitrogen and oxygen atoms in total. The van der Waals surface area contributed by atoms with Crippen LogP contribution in [0.1, 0.15) is 37.7 Å². The average Bonchev–Trinajstić information content (AvgIpc) is 2.67. The summed E-state index contributed by atoms with van der Waals surface area (Å²) in [5, 5.41) is 2.56. The molecule has 1 aliphatic carbocycles. The zero-order valence-electron chi connectivity index (χ0n) is 12.1. The molecule has 7 heteroatoms. The lowest BCUT2D eigenvalue weighted by Gasteiger charge is -2.22. The Kier molecular flexibility index (Phi) is 5.55. The van der Waals surface area contributed by atoms with Gasteiger partial charge in [-0.25, -0.2) is 4.39 Å². The molecule has 1 aromatic carbocycles. The van der Waals surface area contributed by atoms with Gasteiger partial charge in [0.1, 0.15) is 6.10 Å². The van der Waals surface area contributed by atoms with E-state index in [-0.39, 0.29) is 12.1 Å². The van der Waals surface area contributed by atoms with Crippen molar-refractivity contribution in [2.75, 3.05) is 7.05 Å². The molecule has 124 valence electrons. The fraction of sp³-hybridized carbons (Fsp3) is 0.600. The van der Waals surface area contributed by atoms with Crippen LogP contribution in [0.5, 0.6) is 5.75 Å². The van der Waals surface area contributed by atoms with Crippen molar-refractivity contribution in [3.63, 3.8) is 0 Å². The Hall–Kier alpha value is -1.01. The highest BCUT2D eigenvalue weighted by molar-refractivity contribution is 6.31. The molecule has 0 bridgehead atoms. The highest BCUT2D eigenvalue weighted by Crippen LogP contribution is 2.37. The van der Waals surface area contributed by atoms with E-state index in [4.69, 9.17) is 16.3 Å². The minimum absolute atomic E-state index is 0.219. The lowest BCUT2D eigenvalue weighted by molar-refractivity contribution is -0.137. The van der Waals surface area contributed by atoms with E-state index in [0.29, 0.717) is 25.0 Å². The maximum Gasteiger partial charge on any atom is 0.416 e. The summed E-state index contributed by atoms with van der Waals surface area (Å²) in [5.74, 6) is -1.37. The lowest BCUT2D eigenvalue weighted by atomic mass is 10.1. The zero-order chi connectivity index (χ0) is 16.3. The fourth-order valence-corrected chi connectivity index (χ4v) is 2.89. The third-order valence-electron chi connectivity index (χ3n) is 3.90. The summed E-state index contributed by atoms with van der Waals surface area (Å²) in [6.45, 7) is 0. The van der Waals surface area contributed by atoms with Crippen LogP contribution in [0.2, 0.25) is 5.02 Å². The Balaban J connectivity index is 2.22. The molecule has 22 heavy (non-hydrogen) atoms. The molecule has 0 spiro atoms. The highest BCUT2D eigenvalue weighted by atomic mass is 35.5. The minimum atomic E-state index is -4.59. The second-order valence-corrected chi connectivity index (χ2v) is 5.92. The van der Waals surface area contributed by atoms with Gasteiger partial charge in [-0.3, -0.25) is 0 Å². The van der Waals surface area contributed by atoms with Gasteiger partial charge in [0.15, 0.2) is 11.6 Å². The van der Waals surface area contributed by atoms with Crippen molar-refractivity contribution in [2.24, 2.45) is 0 Å². The van der Waals surface area contributed by atoms with Gasteiger partial charge in [0.2, 0.25) is 0 Å². The van der Waals surface area contributed by atoms with Crippen molar-refractivity contribution >= 4 is 11.6 Å². The Morgan fingerprint density at radius 3 is 2.55 bits per heavy atom. The van der Waals surface area contributed by atoms with Gasteiger partial charge in [0.25, 0.3) is 0 Å². The van der Waals surface area contributed by atoms with Crippen molar-refractivity contribution in [3.8, 4) is 5.75 Å². The molecular weight excluding hydrogens is 322 g/mol. The second-order valence-electron chi connectivity index (χ2n) is 5.51. The third kappa shape index (κ3) is 4.26. The number of rotatable bonds is 3. The number of alkyl halides is 3. The maximum atomic E-state index is 14.0. The number of halogens is 5. The van der Waals surface area contributed by atoms with E-state index in [9.17, 15) is 17.6 Å². The maximum absolute atomic E-state index is 14.0. The summed E-state index contributed by atoms with van der Waals surface area (Å²) in [6, 6.07) is 1.48. The van der Waals surface area contributed by atoms with Crippen molar-refractivity contribution in [1.82, 2.24) is 5.32 Å². The molecule has 1 aliphatic rings. The topological polar surface area (TPSA) is 21.3 Å². The molecule has 1 N–H and O–H groups in total. The Labute approximate surface area is 131 Å². The van der Waals surface area contributed by atoms with Crippen LogP contribution in [0.3, 0.4) is 0 Å². The summed E-state index contributed by atoms with van der Waals surface area (Å²) in [5.41, 5.74) is -1.01. The van der Waals surface area contributed by atoms with Crippen LogP contribution in [0.15, 0.2) is 12.1 Å². The van der Waals surface area contributed by atoms with Crippen LogP contribution in [-0.4, -0.2) is 19.2 Å². The SMILES string of the molecule is CN[C@H]1CCCC[C@H](Oc2cc(C(F)(F)F)cc(Cl)c2F)C1. The van der Waals surface area contributed by atoms with E-state index >= 15 is 0 Å². The van der Waals surface area contributed by atoms with Crippen LogP contribution < -0.4 is 10.1 Å². The molecule has 1 aromatic rings. The number of benzene rings is 1. The summed E-state index contributed by atoms with van der Waals surface area (Å²) in [4.78, 5) is 0. The van der Waals surface area contributed by atoms with Crippen LogP contribution >= 0.6 is 11.6 Å². The molecule has 0 amide bonds. The summed E-state index contributed by atoms with van der Waals surface area (Å²) >= 11 is 5.56. The van der Waals surface area contributed by atoms with E-state index in [1.165, 1.54) is 0 Å². The average molecular weight is 340 g/mol. The number of nitrogens with one attached hydrogen (secondary N) is 1. The lowest BCUT2D eigenvalue weighted by Crippen LogP contribution is -2.30. The molecule has 1 fully saturated rings. The first-order chi connectivity index (χ1) is 10.3. The zero-order valence-corrected chi connectivity index (χ0v) is 12.9. The Morgan fingerprint density at radius 2 is 1.91 bits per heavy atom. The van der Waals surface area contributed by atoms with Gasteiger partial charge >= 0.3 is 6.18 Å². The summed E-state index contributed by atoms with van der Waals surface area (Å²) < 4.78 is 57.9. The molecule has 0 radical (unpaired) electrons. The molecule has 0 aromatic heterocycles. The smallest absolute Gasteiger partial charge is 0.416 e. The van der Waals surface area contributed by atoms with Crippen molar-refractivity contribution in [3.05, 3.63) is 28.5 Å². The molecule has 0 saturated heterocycles. The molecule has 0 heterocycles. The standard InChI is InChI=1S/C15H18ClF4NO/c1-21-10-4-2-3-5-11(8-10)22-13-7-9(15(18,19)20)6-12(16)14(13)17/h6-7,10-11,21H,2-5,8H2,1H3/t10-,11-/m0/s1. The monoisotopic (exact) mass is 339 g/mol. The van der Waals surface area contributed by atoms with Gasteiger partial charge in [-0.15, -0.1) is 0 Å². The van der Waals surface area contributed by atoms with Gasteiger partial charge in [-0.2, -0.15) is 13.2 Å². The van der Waals surface area contributed by atoms with Crippen LogP contribution in [0, 0.1) is 5.82 Å². The van der Waals surface area contributed by atoms with Crippen molar-refractivity contribution < 1.29 is 22.3 Å². The molecule has 2 atom stereocenters. The van der Waals surface area contributed by atoms with Crippen LogP contribution in [-0.2, 0) is 6.18 Å². The van der Waals surface area contributed by atoms with Crippen LogP contribution in [0.25, 0.3) is 0 Å². The molecule has 0 unspecified atom stereocenters. The first kappa shape index (κ1) is 17.3. The van der Waals surface area contributed by atoms with E-state index in [1.54, 1.807) is 0 Å². The molecule has 0 aliphatic heterocycles. The Morgan fingerprint density at radius 1 is 1.23 bits per heavy atom. The summed E-state index contributed by atoms with van der Waals surface area (Å²) in [6.07, 6.45) is -0.716. The van der Waals surface area contributed by atoms with Gasteiger partial charge in [-0.05, 0) is 44.9 Å². The van der Waals surface area contributed by atoms with Gasteiger partial charge < -0.3 is 10.1 Å². The Bertz CT molecular complexity index is 521. The molecule has 1 saturated carbocycles. The third-order valence-corrected chi connectivity index (χ3v) is 4.18. The largest absolute Gasteiger partial charge is 0.487 e. The highest BCUT2D eigenvalue weighted by Gasteiger charge is 2.33. The molecular formula is C15H18ClF4NO. The number of hydrogen-bond donors (Lipinski definition) is 1. The van der Waals surface area contributed by atoms with Crippen molar-refractivity contribution in [2.45, 2.75) is 50.4 Å². The van der Waals surface area contributed by atoms with Crippen LogP contribution in [0.4, 0.5) is 17.6 Å². The van der Waals surface area contributed by atoms with Gasteiger partial charge in [0.05, 0.1) is 10.6 Å². The quantitative estimate of drug-likeness (QED) is 0.631. The first-order valence-electron chi connectivity index (χ1n) is 7.21. The number of hydrogen-bond acceptors (Lipinski definition) is 2. The second kappa shape index (κ2) is 7.04. The predicted octanol–water partition coefficient (Wildman–Crippen LogP) is 4.80. The van der Waals surface area contributed by atoms with Gasteiger partial charge in [-0.1, -0.05) is 18.0 Å². The van der Waals surface area contributed by atoms with Gasteiger partial charge in [0, 0.05) is 6.04 Å². The number of ether oxygens (including phenoxy) is 1. The minimum Gasteiger partial charge on any atom is -0.487 e.